The average Bonchev–Trinajstić information content (AvgIpc) is 2.10. The molecule has 0 aromatic rings. The van der Waals surface area contributed by atoms with Crippen molar-refractivity contribution in [3.63, 3.8) is 0 Å². The third-order valence-electron chi connectivity index (χ3n) is 4.70. The van der Waals surface area contributed by atoms with Gasteiger partial charge in [0.15, 0.2) is 0 Å². The lowest BCUT2D eigenvalue weighted by molar-refractivity contribution is -0.112. The van der Waals surface area contributed by atoms with Crippen LogP contribution in [-0.4, -0.2) is 0 Å². The smallest absolute Gasteiger partial charge is 0.0165 e. The Balaban J connectivity index is 1.93. The van der Waals surface area contributed by atoms with Crippen LogP contribution in [0.4, 0.5) is 0 Å². The zero-order valence-corrected chi connectivity index (χ0v) is 6.03. The van der Waals surface area contributed by atoms with Gasteiger partial charge >= 0.3 is 0 Å². The highest BCUT2D eigenvalue weighted by atomic mass is 14.7. The highest BCUT2D eigenvalue weighted by molar-refractivity contribution is 5.29. The van der Waals surface area contributed by atoms with Crippen LogP contribution < -0.4 is 0 Å². The summed E-state index contributed by atoms with van der Waals surface area (Å²) in [5, 5.41) is 0. The van der Waals surface area contributed by atoms with E-state index < -0.39 is 0 Å². The van der Waals surface area contributed by atoms with Gasteiger partial charge in [0.05, 0.1) is 0 Å². The molecule has 3 saturated carbocycles. The molecule has 0 spiro atoms. The molecule has 4 rings (SSSR count). The van der Waals surface area contributed by atoms with Crippen molar-refractivity contribution < 1.29 is 0 Å². The topological polar surface area (TPSA) is 0 Å². The minimum absolute atomic E-state index is 1.06. The summed E-state index contributed by atoms with van der Waals surface area (Å²) in [5.74, 6) is 6.82. The van der Waals surface area contributed by atoms with Crippen LogP contribution >= 0.6 is 0 Å². The summed E-state index contributed by atoms with van der Waals surface area (Å²) >= 11 is 0. The zero-order chi connectivity index (χ0) is 6.29. The molecule has 4 atom stereocenters. The number of hydrogen-bond donors (Lipinski definition) is 0. The molecule has 4 aliphatic carbocycles. The summed E-state index contributed by atoms with van der Waals surface area (Å²) in [6, 6.07) is 0. The molecule has 0 aliphatic heterocycles. The predicted octanol–water partition coefficient (Wildman–Crippen LogP) is 2.07. The fourth-order valence-electron chi connectivity index (χ4n) is 4.40. The maximum absolute atomic E-state index is 2.52. The molecule has 0 amide bonds. The minimum atomic E-state index is 1.06. The van der Waals surface area contributed by atoms with E-state index in [4.69, 9.17) is 0 Å². The maximum Gasteiger partial charge on any atom is -0.0165 e. The van der Waals surface area contributed by atoms with Gasteiger partial charge in [-0.1, -0.05) is 12.2 Å². The molecule has 0 bridgehead atoms. The van der Waals surface area contributed by atoms with E-state index in [1.54, 1.807) is 12.8 Å². The average molecular weight is 132 g/mol. The van der Waals surface area contributed by atoms with E-state index in [0.717, 1.165) is 29.6 Å². The van der Waals surface area contributed by atoms with Crippen LogP contribution in [0.1, 0.15) is 12.8 Å². The van der Waals surface area contributed by atoms with Gasteiger partial charge < -0.3 is 0 Å². The molecular weight excluding hydrogens is 120 g/mol. The first-order chi connectivity index (χ1) is 4.97. The number of hydrogen-bond acceptors (Lipinski definition) is 0. The molecule has 0 aromatic heterocycles. The Kier molecular flexibility index (Phi) is 0.508. The third-order valence-corrected chi connectivity index (χ3v) is 4.70. The summed E-state index contributed by atoms with van der Waals surface area (Å²) in [6.07, 6.45) is 8.18. The van der Waals surface area contributed by atoms with Gasteiger partial charge in [-0.2, -0.15) is 0 Å². The van der Waals surface area contributed by atoms with Crippen molar-refractivity contribution in [2.24, 2.45) is 35.5 Å². The lowest BCUT2D eigenvalue weighted by Gasteiger charge is -2.59. The van der Waals surface area contributed by atoms with Crippen molar-refractivity contribution in [3.05, 3.63) is 12.2 Å². The second-order valence-electron chi connectivity index (χ2n) is 4.60. The molecule has 0 aromatic carbocycles. The molecule has 0 saturated heterocycles. The summed E-state index contributed by atoms with van der Waals surface area (Å²) < 4.78 is 0. The number of allylic oxidation sites excluding steroid dienone is 2. The maximum atomic E-state index is 2.52. The molecule has 0 heterocycles. The van der Waals surface area contributed by atoms with Gasteiger partial charge in [0.25, 0.3) is 0 Å². The zero-order valence-electron chi connectivity index (χ0n) is 6.03. The largest absolute Gasteiger partial charge is 0.0845 e. The lowest BCUT2D eigenvalue weighted by Crippen LogP contribution is -2.56. The van der Waals surface area contributed by atoms with Crippen molar-refractivity contribution >= 4 is 0 Å². The molecule has 0 radical (unpaired) electrons. The van der Waals surface area contributed by atoms with Crippen LogP contribution in [0.2, 0.25) is 0 Å². The van der Waals surface area contributed by atoms with Gasteiger partial charge in [-0.3, -0.25) is 0 Å². The van der Waals surface area contributed by atoms with Crippen LogP contribution in [0.15, 0.2) is 12.2 Å². The van der Waals surface area contributed by atoms with E-state index in [1.165, 1.54) is 5.92 Å². The molecule has 0 nitrogen and oxygen atoms in total. The van der Waals surface area contributed by atoms with Crippen LogP contribution in [-0.2, 0) is 0 Å². The molecular formula is C10H12. The minimum Gasteiger partial charge on any atom is -0.0845 e. The SMILES string of the molecule is C1=CC2C3CCC4C1C2C43. The van der Waals surface area contributed by atoms with Gasteiger partial charge in [-0.05, 0) is 48.3 Å². The molecule has 0 heteroatoms. The lowest BCUT2D eigenvalue weighted by atomic mass is 9.44. The fraction of sp³-hybridized carbons (Fsp3) is 0.800. The summed E-state index contributed by atoms with van der Waals surface area (Å²) in [6.45, 7) is 0. The summed E-state index contributed by atoms with van der Waals surface area (Å²) in [7, 11) is 0. The number of rotatable bonds is 0. The highest BCUT2D eigenvalue weighted by Gasteiger charge is 2.69. The Morgan fingerprint density at radius 1 is 0.800 bits per heavy atom. The fourth-order valence-corrected chi connectivity index (χ4v) is 4.40. The first-order valence-electron chi connectivity index (χ1n) is 4.65. The predicted molar refractivity (Wildman–Crippen MR) is 39.3 cm³/mol. The van der Waals surface area contributed by atoms with E-state index in [1.807, 2.05) is 0 Å². The Morgan fingerprint density at radius 2 is 1.40 bits per heavy atom. The quantitative estimate of drug-likeness (QED) is 0.443. The monoisotopic (exact) mass is 132 g/mol. The van der Waals surface area contributed by atoms with Gasteiger partial charge in [0.1, 0.15) is 0 Å². The van der Waals surface area contributed by atoms with Gasteiger partial charge in [0.2, 0.25) is 0 Å². The highest BCUT2D eigenvalue weighted by Crippen LogP contribution is 2.74. The molecule has 10 heavy (non-hydrogen) atoms. The van der Waals surface area contributed by atoms with Crippen molar-refractivity contribution in [1.82, 2.24) is 0 Å². The van der Waals surface area contributed by atoms with E-state index in [-0.39, 0.29) is 0 Å². The van der Waals surface area contributed by atoms with Crippen molar-refractivity contribution in [3.8, 4) is 0 Å². The van der Waals surface area contributed by atoms with Gasteiger partial charge in [0, 0.05) is 0 Å². The Labute approximate surface area is 61.3 Å². The second-order valence-corrected chi connectivity index (χ2v) is 4.60. The van der Waals surface area contributed by atoms with Crippen molar-refractivity contribution in [2.45, 2.75) is 12.8 Å². The molecule has 3 fully saturated rings. The molecule has 4 aliphatic rings. The van der Waals surface area contributed by atoms with E-state index in [2.05, 4.69) is 12.2 Å². The number of fused-ring (bicyclic) bond motifs is 2. The molecule has 0 N–H and O–H groups in total. The van der Waals surface area contributed by atoms with Crippen molar-refractivity contribution in [2.75, 3.05) is 0 Å². The van der Waals surface area contributed by atoms with Crippen LogP contribution in [0, 0.1) is 35.5 Å². The van der Waals surface area contributed by atoms with Crippen molar-refractivity contribution in [1.29, 1.82) is 0 Å². The Morgan fingerprint density at radius 3 is 2.00 bits per heavy atom. The first kappa shape index (κ1) is 4.58. The molecule has 4 unspecified atom stereocenters. The van der Waals surface area contributed by atoms with E-state index >= 15 is 0 Å². The first-order valence-corrected chi connectivity index (χ1v) is 4.65. The van der Waals surface area contributed by atoms with Gasteiger partial charge in [-0.25, -0.2) is 0 Å². The summed E-state index contributed by atoms with van der Waals surface area (Å²) in [5.41, 5.74) is 0. The Hall–Kier alpha value is -0.260. The third kappa shape index (κ3) is 0.247. The van der Waals surface area contributed by atoms with E-state index in [9.17, 15) is 0 Å². The standard InChI is InChI=1S/C10H12/c1-2-6-8-4-3-7-5(1)9(6)10(7)8/h1-2,5-10H,3-4H2. The van der Waals surface area contributed by atoms with Crippen LogP contribution in [0.25, 0.3) is 0 Å². The Bertz CT molecular complexity index is 206. The van der Waals surface area contributed by atoms with Crippen LogP contribution in [0.5, 0.6) is 0 Å². The normalized spacial score (nSPS) is 72.8. The van der Waals surface area contributed by atoms with E-state index in [0.29, 0.717) is 0 Å². The second kappa shape index (κ2) is 1.11. The van der Waals surface area contributed by atoms with Crippen LogP contribution in [0.3, 0.4) is 0 Å². The molecule has 52 valence electrons. The van der Waals surface area contributed by atoms with Gasteiger partial charge in [-0.15, -0.1) is 0 Å². The summed E-state index contributed by atoms with van der Waals surface area (Å²) in [4.78, 5) is 0.